The average Bonchev–Trinajstić information content (AvgIpc) is 2.59. The molecule has 1 heterocycles. The Balaban J connectivity index is 1.71. The zero-order valence-electron chi connectivity index (χ0n) is 15.0. The first kappa shape index (κ1) is 20.7. The van der Waals surface area contributed by atoms with Crippen LogP contribution in [0.15, 0.2) is 12.2 Å². The van der Waals surface area contributed by atoms with Gasteiger partial charge in [-0.05, 0) is 57.8 Å². The molecular weight excluding hydrogens is 288 g/mol. The van der Waals surface area contributed by atoms with E-state index in [4.69, 9.17) is 14.6 Å². The topological polar surface area (TPSA) is 38.7 Å². The molecule has 0 aromatic rings. The van der Waals surface area contributed by atoms with E-state index in [-0.39, 0.29) is 6.29 Å². The van der Waals surface area contributed by atoms with Gasteiger partial charge in [-0.2, -0.15) is 0 Å². The molecule has 23 heavy (non-hydrogen) atoms. The minimum atomic E-state index is 0.0837. The van der Waals surface area contributed by atoms with Gasteiger partial charge in [0.15, 0.2) is 6.29 Å². The Hall–Kier alpha value is -0.380. The number of aliphatic hydroxyl groups is 1. The Morgan fingerprint density at radius 1 is 0.826 bits per heavy atom. The van der Waals surface area contributed by atoms with Crippen LogP contribution in [0, 0.1) is 0 Å². The fraction of sp³-hybridized carbons (Fsp3) is 0.900. The maximum atomic E-state index is 8.68. The van der Waals surface area contributed by atoms with Gasteiger partial charge < -0.3 is 14.6 Å². The Labute approximate surface area is 143 Å². The van der Waals surface area contributed by atoms with Gasteiger partial charge in [-0.25, -0.2) is 0 Å². The summed E-state index contributed by atoms with van der Waals surface area (Å²) in [5.41, 5.74) is 0. The van der Waals surface area contributed by atoms with E-state index in [2.05, 4.69) is 12.2 Å². The molecule has 1 atom stereocenters. The quantitative estimate of drug-likeness (QED) is 0.325. The van der Waals surface area contributed by atoms with Crippen LogP contribution in [-0.4, -0.2) is 31.2 Å². The van der Waals surface area contributed by atoms with Gasteiger partial charge in [0.25, 0.3) is 0 Å². The SMILES string of the molecule is OCCCC/C=C\CCCCCCCCCOC1CCCCO1. The van der Waals surface area contributed by atoms with Crippen molar-refractivity contribution in [3.05, 3.63) is 12.2 Å². The van der Waals surface area contributed by atoms with Gasteiger partial charge in [-0.15, -0.1) is 0 Å². The maximum absolute atomic E-state index is 8.68. The van der Waals surface area contributed by atoms with Crippen molar-refractivity contribution in [2.24, 2.45) is 0 Å². The lowest BCUT2D eigenvalue weighted by Crippen LogP contribution is -2.22. The minimum absolute atomic E-state index is 0.0837. The van der Waals surface area contributed by atoms with Crippen LogP contribution in [0.1, 0.15) is 89.9 Å². The molecule has 0 aliphatic carbocycles. The summed E-state index contributed by atoms with van der Waals surface area (Å²) in [4.78, 5) is 0. The summed E-state index contributed by atoms with van der Waals surface area (Å²) in [5.74, 6) is 0. The summed E-state index contributed by atoms with van der Waals surface area (Å²) in [6.07, 6.45) is 21.8. The lowest BCUT2D eigenvalue weighted by molar-refractivity contribution is -0.162. The van der Waals surface area contributed by atoms with E-state index >= 15 is 0 Å². The first-order valence-electron chi connectivity index (χ1n) is 9.92. The third-order valence-corrected chi connectivity index (χ3v) is 4.40. The van der Waals surface area contributed by atoms with Crippen LogP contribution >= 0.6 is 0 Å². The summed E-state index contributed by atoms with van der Waals surface area (Å²) < 4.78 is 11.3. The molecule has 1 N–H and O–H groups in total. The Kier molecular flexibility index (Phi) is 14.8. The molecule has 0 spiro atoms. The van der Waals surface area contributed by atoms with Crippen molar-refractivity contribution in [2.45, 2.75) is 96.2 Å². The fourth-order valence-electron chi connectivity index (χ4n) is 2.92. The van der Waals surface area contributed by atoms with E-state index in [9.17, 15) is 0 Å². The number of hydrogen-bond donors (Lipinski definition) is 1. The van der Waals surface area contributed by atoms with E-state index in [0.29, 0.717) is 6.61 Å². The zero-order valence-corrected chi connectivity index (χ0v) is 15.0. The summed E-state index contributed by atoms with van der Waals surface area (Å²) in [7, 11) is 0. The van der Waals surface area contributed by atoms with Crippen molar-refractivity contribution in [3.8, 4) is 0 Å². The second-order valence-electron chi connectivity index (χ2n) is 6.62. The maximum Gasteiger partial charge on any atom is 0.157 e. The van der Waals surface area contributed by atoms with Crippen molar-refractivity contribution < 1.29 is 14.6 Å². The molecular formula is C20H38O3. The highest BCUT2D eigenvalue weighted by atomic mass is 16.7. The number of aliphatic hydroxyl groups excluding tert-OH is 1. The predicted molar refractivity (Wildman–Crippen MR) is 96.6 cm³/mol. The molecule has 1 fully saturated rings. The van der Waals surface area contributed by atoms with Crippen LogP contribution in [0.3, 0.4) is 0 Å². The zero-order chi connectivity index (χ0) is 16.4. The summed E-state index contributed by atoms with van der Waals surface area (Å²) in [6.45, 7) is 2.07. The third-order valence-electron chi connectivity index (χ3n) is 4.40. The summed E-state index contributed by atoms with van der Waals surface area (Å²) in [6, 6.07) is 0. The van der Waals surface area contributed by atoms with Crippen molar-refractivity contribution in [2.75, 3.05) is 19.8 Å². The molecule has 1 unspecified atom stereocenters. The van der Waals surface area contributed by atoms with Crippen LogP contribution in [0.25, 0.3) is 0 Å². The molecule has 1 rings (SSSR count). The van der Waals surface area contributed by atoms with E-state index < -0.39 is 0 Å². The smallest absolute Gasteiger partial charge is 0.157 e. The number of rotatable bonds is 15. The van der Waals surface area contributed by atoms with Crippen LogP contribution in [0.4, 0.5) is 0 Å². The highest BCUT2D eigenvalue weighted by Crippen LogP contribution is 2.15. The largest absolute Gasteiger partial charge is 0.396 e. The van der Waals surface area contributed by atoms with Gasteiger partial charge >= 0.3 is 0 Å². The molecule has 0 bridgehead atoms. The summed E-state index contributed by atoms with van der Waals surface area (Å²) >= 11 is 0. The van der Waals surface area contributed by atoms with Crippen molar-refractivity contribution >= 4 is 0 Å². The van der Waals surface area contributed by atoms with E-state index in [1.54, 1.807) is 0 Å². The molecule has 136 valence electrons. The molecule has 0 aromatic carbocycles. The summed E-state index contributed by atoms with van der Waals surface area (Å²) in [5, 5.41) is 8.68. The van der Waals surface area contributed by atoms with Crippen LogP contribution in [0.5, 0.6) is 0 Å². The lowest BCUT2D eigenvalue weighted by Gasteiger charge is -2.22. The highest BCUT2D eigenvalue weighted by molar-refractivity contribution is 4.81. The third kappa shape index (κ3) is 13.7. The number of hydrogen-bond acceptors (Lipinski definition) is 3. The predicted octanol–water partition coefficient (Wildman–Crippen LogP) is 5.37. The standard InChI is InChI=1S/C20H38O3/c21-17-13-10-8-6-4-2-1-3-5-7-9-11-14-18-22-20-16-12-15-19-23-20/h4,6,20-21H,1-3,5,7-19H2/b6-4-. The number of unbranched alkanes of at least 4 members (excludes halogenated alkanes) is 9. The van der Waals surface area contributed by atoms with Crippen LogP contribution in [0.2, 0.25) is 0 Å². The number of allylic oxidation sites excluding steroid dienone is 2. The van der Waals surface area contributed by atoms with Gasteiger partial charge in [-0.1, -0.05) is 44.3 Å². The van der Waals surface area contributed by atoms with E-state index in [0.717, 1.165) is 38.9 Å². The van der Waals surface area contributed by atoms with Gasteiger partial charge in [0.2, 0.25) is 0 Å². The molecule has 1 aliphatic rings. The minimum Gasteiger partial charge on any atom is -0.396 e. The van der Waals surface area contributed by atoms with E-state index in [1.807, 2.05) is 0 Å². The molecule has 0 amide bonds. The first-order valence-corrected chi connectivity index (χ1v) is 9.92. The molecule has 3 nitrogen and oxygen atoms in total. The lowest BCUT2D eigenvalue weighted by atomic mass is 10.1. The van der Waals surface area contributed by atoms with E-state index in [1.165, 1.54) is 64.2 Å². The molecule has 0 radical (unpaired) electrons. The highest BCUT2D eigenvalue weighted by Gasteiger charge is 2.13. The molecule has 1 saturated heterocycles. The normalized spacial score (nSPS) is 18.7. The van der Waals surface area contributed by atoms with Crippen molar-refractivity contribution in [1.82, 2.24) is 0 Å². The Bertz CT molecular complexity index is 260. The van der Waals surface area contributed by atoms with Crippen LogP contribution < -0.4 is 0 Å². The molecule has 0 saturated carbocycles. The van der Waals surface area contributed by atoms with Gasteiger partial charge in [-0.3, -0.25) is 0 Å². The Morgan fingerprint density at radius 3 is 2.13 bits per heavy atom. The van der Waals surface area contributed by atoms with Crippen molar-refractivity contribution in [1.29, 1.82) is 0 Å². The van der Waals surface area contributed by atoms with Gasteiger partial charge in [0, 0.05) is 19.8 Å². The molecule has 0 aromatic heterocycles. The second-order valence-corrected chi connectivity index (χ2v) is 6.62. The van der Waals surface area contributed by atoms with Crippen molar-refractivity contribution in [3.63, 3.8) is 0 Å². The van der Waals surface area contributed by atoms with Gasteiger partial charge in [0.1, 0.15) is 0 Å². The fourth-order valence-corrected chi connectivity index (χ4v) is 2.92. The van der Waals surface area contributed by atoms with Crippen LogP contribution in [-0.2, 0) is 9.47 Å². The second kappa shape index (κ2) is 16.5. The average molecular weight is 327 g/mol. The van der Waals surface area contributed by atoms with Gasteiger partial charge in [0.05, 0.1) is 0 Å². The first-order chi connectivity index (χ1) is 11.4. The Morgan fingerprint density at radius 2 is 1.48 bits per heavy atom. The number of ether oxygens (including phenoxy) is 2. The monoisotopic (exact) mass is 326 g/mol. The molecule has 1 aliphatic heterocycles. The molecule has 3 heteroatoms.